The van der Waals surface area contributed by atoms with Crippen LogP contribution >= 0.6 is 12.4 Å². The SMILES string of the molecule is CC(C)(C)N(Cc1ccc(C#N)cc1)Cc1cccc(C(=O)Nc2ccc(C#N)cc2)c1.Cl. The second-order valence-electron chi connectivity index (χ2n) is 8.68. The number of benzene rings is 3. The Kier molecular flexibility index (Phi) is 8.77. The molecule has 0 aliphatic rings. The van der Waals surface area contributed by atoms with Crippen LogP contribution in [0, 0.1) is 22.7 Å². The quantitative estimate of drug-likeness (QED) is 0.498. The number of hydrogen-bond donors (Lipinski definition) is 1. The number of nitrogens with zero attached hydrogens (tertiary/aromatic N) is 3. The minimum Gasteiger partial charge on any atom is -0.322 e. The summed E-state index contributed by atoms with van der Waals surface area (Å²) >= 11 is 0. The van der Waals surface area contributed by atoms with Crippen LogP contribution in [0.3, 0.4) is 0 Å². The first-order chi connectivity index (χ1) is 15.3. The first kappa shape index (κ1) is 25.6. The average Bonchev–Trinajstić information content (AvgIpc) is 2.79. The van der Waals surface area contributed by atoms with Crippen LogP contribution in [0.2, 0.25) is 0 Å². The lowest BCUT2D eigenvalue weighted by atomic mass is 10.0. The second-order valence-corrected chi connectivity index (χ2v) is 8.68. The van der Waals surface area contributed by atoms with Gasteiger partial charge in [-0.2, -0.15) is 10.5 Å². The van der Waals surface area contributed by atoms with Gasteiger partial charge in [0.25, 0.3) is 5.91 Å². The zero-order valence-electron chi connectivity index (χ0n) is 19.0. The first-order valence-electron chi connectivity index (χ1n) is 10.4. The van der Waals surface area contributed by atoms with E-state index in [4.69, 9.17) is 10.5 Å². The monoisotopic (exact) mass is 458 g/mol. The van der Waals surface area contributed by atoms with E-state index in [1.165, 1.54) is 0 Å². The third kappa shape index (κ3) is 7.19. The molecule has 0 fully saturated rings. The first-order valence-corrected chi connectivity index (χ1v) is 10.4. The Labute approximate surface area is 201 Å². The summed E-state index contributed by atoms with van der Waals surface area (Å²) in [5.41, 5.74) is 4.52. The molecule has 0 atom stereocenters. The molecule has 0 radical (unpaired) electrons. The summed E-state index contributed by atoms with van der Waals surface area (Å²) in [5, 5.41) is 20.8. The number of carbonyl (C=O) groups excluding carboxylic acids is 1. The van der Waals surface area contributed by atoms with Gasteiger partial charge in [0.1, 0.15) is 0 Å². The van der Waals surface area contributed by atoms with Gasteiger partial charge in [-0.3, -0.25) is 9.69 Å². The van der Waals surface area contributed by atoms with Crippen molar-refractivity contribution in [2.75, 3.05) is 5.32 Å². The van der Waals surface area contributed by atoms with E-state index in [9.17, 15) is 4.79 Å². The maximum absolute atomic E-state index is 12.7. The predicted octanol–water partition coefficient (Wildman–Crippen LogP) is 5.90. The molecule has 3 aromatic carbocycles. The Morgan fingerprint density at radius 1 is 0.848 bits per heavy atom. The van der Waals surface area contributed by atoms with Gasteiger partial charge in [0.05, 0.1) is 23.3 Å². The standard InChI is InChI=1S/C27H26N4O.ClH/c1-27(2,3)31(18-22-9-7-20(16-28)8-10-22)19-23-5-4-6-24(15-23)26(32)30-25-13-11-21(17-29)12-14-25;/h4-15H,18-19H2,1-3H3,(H,30,32);1H. The van der Waals surface area contributed by atoms with Crippen LogP contribution in [0.1, 0.15) is 53.4 Å². The molecule has 33 heavy (non-hydrogen) atoms. The van der Waals surface area contributed by atoms with Gasteiger partial charge in [0.15, 0.2) is 0 Å². The van der Waals surface area contributed by atoms with Gasteiger partial charge < -0.3 is 5.32 Å². The van der Waals surface area contributed by atoms with Crippen LogP contribution in [0.25, 0.3) is 0 Å². The summed E-state index contributed by atoms with van der Waals surface area (Å²) in [5.74, 6) is -0.189. The smallest absolute Gasteiger partial charge is 0.255 e. The molecule has 0 saturated heterocycles. The Morgan fingerprint density at radius 2 is 1.39 bits per heavy atom. The number of carbonyl (C=O) groups is 1. The van der Waals surface area contributed by atoms with Crippen molar-refractivity contribution in [2.24, 2.45) is 0 Å². The summed E-state index contributed by atoms with van der Waals surface area (Å²) in [7, 11) is 0. The lowest BCUT2D eigenvalue weighted by Gasteiger charge is -2.36. The number of hydrogen-bond acceptors (Lipinski definition) is 4. The maximum atomic E-state index is 12.7. The molecule has 0 aliphatic heterocycles. The van der Waals surface area contributed by atoms with Crippen molar-refractivity contribution in [3.8, 4) is 12.1 Å². The van der Waals surface area contributed by atoms with Gasteiger partial charge in [0.2, 0.25) is 0 Å². The Hall–Kier alpha value is -3.64. The van der Waals surface area contributed by atoms with Crippen LogP contribution < -0.4 is 5.32 Å². The second kappa shape index (κ2) is 11.3. The van der Waals surface area contributed by atoms with Gasteiger partial charge in [0, 0.05) is 29.9 Å². The van der Waals surface area contributed by atoms with Crippen molar-refractivity contribution in [2.45, 2.75) is 39.4 Å². The maximum Gasteiger partial charge on any atom is 0.255 e. The summed E-state index contributed by atoms with van der Waals surface area (Å²) in [6.45, 7) is 7.91. The van der Waals surface area contributed by atoms with Crippen LogP contribution in [0.5, 0.6) is 0 Å². The number of halogens is 1. The van der Waals surface area contributed by atoms with E-state index in [0.29, 0.717) is 28.9 Å². The van der Waals surface area contributed by atoms with E-state index in [-0.39, 0.29) is 23.9 Å². The molecule has 6 heteroatoms. The molecular formula is C27H27ClN4O. The molecule has 0 spiro atoms. The fraction of sp³-hybridized carbons (Fsp3) is 0.222. The van der Waals surface area contributed by atoms with Crippen LogP contribution in [-0.2, 0) is 13.1 Å². The summed E-state index contributed by atoms with van der Waals surface area (Å²) < 4.78 is 0. The minimum atomic E-state index is -0.189. The Bertz CT molecular complexity index is 1170. The normalized spacial score (nSPS) is 10.6. The van der Waals surface area contributed by atoms with Crippen LogP contribution in [0.15, 0.2) is 72.8 Å². The Balaban J connectivity index is 0.00000385. The van der Waals surface area contributed by atoms with E-state index in [1.807, 2.05) is 42.5 Å². The Morgan fingerprint density at radius 3 is 1.94 bits per heavy atom. The molecule has 0 aromatic heterocycles. The van der Waals surface area contributed by atoms with Gasteiger partial charge in [-0.15, -0.1) is 12.4 Å². The molecule has 0 unspecified atom stereocenters. The highest BCUT2D eigenvalue weighted by atomic mass is 35.5. The average molecular weight is 459 g/mol. The van der Waals surface area contributed by atoms with Crippen molar-refractivity contribution in [1.29, 1.82) is 10.5 Å². The van der Waals surface area contributed by atoms with E-state index in [1.54, 1.807) is 30.3 Å². The third-order valence-corrected chi connectivity index (χ3v) is 5.24. The van der Waals surface area contributed by atoms with Gasteiger partial charge in [-0.1, -0.05) is 24.3 Å². The van der Waals surface area contributed by atoms with E-state index in [0.717, 1.165) is 17.7 Å². The van der Waals surface area contributed by atoms with Crippen molar-refractivity contribution in [1.82, 2.24) is 4.90 Å². The lowest BCUT2D eigenvalue weighted by molar-refractivity contribution is 0.102. The molecule has 0 saturated carbocycles. The number of nitrogens with one attached hydrogen (secondary N) is 1. The molecular weight excluding hydrogens is 432 g/mol. The van der Waals surface area contributed by atoms with Gasteiger partial charge in [-0.05, 0) is 80.4 Å². The largest absolute Gasteiger partial charge is 0.322 e. The van der Waals surface area contributed by atoms with Crippen LogP contribution in [0.4, 0.5) is 5.69 Å². The minimum absolute atomic E-state index is 0. The van der Waals surface area contributed by atoms with Crippen LogP contribution in [-0.4, -0.2) is 16.3 Å². The molecule has 3 rings (SSSR count). The summed E-state index contributed by atoms with van der Waals surface area (Å²) in [6, 6.07) is 26.3. The van der Waals surface area contributed by atoms with Crippen molar-refractivity contribution in [3.05, 3.63) is 101 Å². The van der Waals surface area contributed by atoms with Gasteiger partial charge >= 0.3 is 0 Å². The molecule has 0 bridgehead atoms. The van der Waals surface area contributed by atoms with Gasteiger partial charge in [-0.25, -0.2) is 0 Å². The lowest BCUT2D eigenvalue weighted by Crippen LogP contribution is -2.40. The van der Waals surface area contributed by atoms with Crippen molar-refractivity contribution >= 4 is 24.0 Å². The zero-order valence-corrected chi connectivity index (χ0v) is 19.8. The molecule has 3 aromatic rings. The number of rotatable bonds is 6. The van der Waals surface area contributed by atoms with Crippen molar-refractivity contribution < 1.29 is 4.79 Å². The summed E-state index contributed by atoms with van der Waals surface area (Å²) in [4.78, 5) is 15.1. The summed E-state index contributed by atoms with van der Waals surface area (Å²) in [6.07, 6.45) is 0. The number of amides is 1. The predicted molar refractivity (Wildman–Crippen MR) is 133 cm³/mol. The van der Waals surface area contributed by atoms with Crippen molar-refractivity contribution in [3.63, 3.8) is 0 Å². The molecule has 168 valence electrons. The molecule has 1 amide bonds. The molecule has 5 nitrogen and oxygen atoms in total. The number of anilines is 1. The highest BCUT2D eigenvalue weighted by Crippen LogP contribution is 2.22. The van der Waals surface area contributed by atoms with E-state index >= 15 is 0 Å². The zero-order chi connectivity index (χ0) is 23.1. The molecule has 1 N–H and O–H groups in total. The fourth-order valence-corrected chi connectivity index (χ4v) is 3.30. The van der Waals surface area contributed by atoms with E-state index in [2.05, 4.69) is 43.1 Å². The van der Waals surface area contributed by atoms with E-state index < -0.39 is 0 Å². The number of nitriles is 2. The third-order valence-electron chi connectivity index (χ3n) is 5.24. The highest BCUT2D eigenvalue weighted by Gasteiger charge is 2.22. The molecule has 0 heterocycles. The molecule has 0 aliphatic carbocycles. The highest BCUT2D eigenvalue weighted by molar-refractivity contribution is 6.04. The fourth-order valence-electron chi connectivity index (χ4n) is 3.30. The topological polar surface area (TPSA) is 79.9 Å².